The zero-order valence-corrected chi connectivity index (χ0v) is 14.1. The molecule has 3 nitrogen and oxygen atoms in total. The Balaban J connectivity index is 0.00000200. The van der Waals surface area contributed by atoms with E-state index in [4.69, 9.17) is 17.3 Å². The lowest BCUT2D eigenvalue weighted by Gasteiger charge is -2.38. The second kappa shape index (κ2) is 8.23. The lowest BCUT2D eigenvalue weighted by molar-refractivity contribution is -0.135. The molecule has 0 saturated carbocycles. The minimum Gasteiger partial charge on any atom is -0.338 e. The Bertz CT molecular complexity index is 437. The van der Waals surface area contributed by atoms with Crippen LogP contribution in [-0.4, -0.2) is 29.4 Å². The van der Waals surface area contributed by atoms with Gasteiger partial charge in [-0.2, -0.15) is 0 Å². The summed E-state index contributed by atoms with van der Waals surface area (Å²) in [5.74, 6) is 0.228. The van der Waals surface area contributed by atoms with Crippen LogP contribution in [0.25, 0.3) is 0 Å². The van der Waals surface area contributed by atoms with Gasteiger partial charge in [0.05, 0.1) is 4.34 Å². The van der Waals surface area contributed by atoms with Gasteiger partial charge in [0.15, 0.2) is 0 Å². The summed E-state index contributed by atoms with van der Waals surface area (Å²) in [6.07, 6.45) is 4.64. The van der Waals surface area contributed by atoms with E-state index in [1.807, 2.05) is 24.0 Å². The molecule has 2 heterocycles. The number of likely N-dealkylation sites (tertiary alicyclic amines) is 1. The van der Waals surface area contributed by atoms with Crippen molar-refractivity contribution >= 4 is 41.3 Å². The summed E-state index contributed by atoms with van der Waals surface area (Å²) in [6, 6.07) is 4.16. The molecule has 0 spiro atoms. The highest BCUT2D eigenvalue weighted by Crippen LogP contribution is 2.24. The Morgan fingerprint density at radius 3 is 2.90 bits per heavy atom. The predicted octanol–water partition coefficient (Wildman–Crippen LogP) is 3.48. The third kappa shape index (κ3) is 4.62. The molecule has 1 aliphatic rings. The number of halogens is 2. The van der Waals surface area contributed by atoms with E-state index in [0.717, 1.165) is 30.1 Å². The molecular formula is C14H22Cl2N2OS. The summed E-state index contributed by atoms with van der Waals surface area (Å²) in [5.41, 5.74) is 6.00. The van der Waals surface area contributed by atoms with Crippen molar-refractivity contribution in [3.63, 3.8) is 0 Å². The zero-order chi connectivity index (χ0) is 13.8. The summed E-state index contributed by atoms with van der Waals surface area (Å²) in [6.45, 7) is 2.85. The molecule has 6 heteroatoms. The van der Waals surface area contributed by atoms with Crippen molar-refractivity contribution in [3.8, 4) is 0 Å². The van der Waals surface area contributed by atoms with Gasteiger partial charge in [0.25, 0.3) is 0 Å². The number of hydrogen-bond acceptors (Lipinski definition) is 3. The van der Waals surface area contributed by atoms with Crippen LogP contribution in [0, 0.1) is 0 Å². The van der Waals surface area contributed by atoms with Crippen LogP contribution < -0.4 is 5.73 Å². The molecule has 2 unspecified atom stereocenters. The van der Waals surface area contributed by atoms with Gasteiger partial charge in [-0.15, -0.1) is 23.7 Å². The Kier molecular flexibility index (Phi) is 7.30. The third-order valence-corrected chi connectivity index (χ3v) is 4.98. The maximum atomic E-state index is 12.3. The van der Waals surface area contributed by atoms with Gasteiger partial charge in [-0.1, -0.05) is 11.6 Å². The highest BCUT2D eigenvalue weighted by atomic mass is 35.5. The molecule has 1 saturated heterocycles. The van der Waals surface area contributed by atoms with E-state index < -0.39 is 0 Å². The van der Waals surface area contributed by atoms with E-state index in [1.165, 1.54) is 11.3 Å². The van der Waals surface area contributed by atoms with Gasteiger partial charge in [0.1, 0.15) is 0 Å². The molecule has 1 aliphatic heterocycles. The first-order valence-corrected chi connectivity index (χ1v) is 8.06. The Labute approximate surface area is 135 Å². The lowest BCUT2D eigenvalue weighted by Crippen LogP contribution is -2.51. The molecule has 0 aromatic carbocycles. The van der Waals surface area contributed by atoms with E-state index in [1.54, 1.807) is 11.3 Å². The number of thiophene rings is 1. The van der Waals surface area contributed by atoms with Crippen molar-refractivity contribution in [2.45, 2.75) is 51.1 Å². The number of piperidine rings is 1. The molecule has 1 aromatic heterocycles. The molecular weight excluding hydrogens is 315 g/mol. The first-order valence-electron chi connectivity index (χ1n) is 6.87. The lowest BCUT2D eigenvalue weighted by atomic mass is 9.96. The van der Waals surface area contributed by atoms with Crippen LogP contribution in [0.1, 0.15) is 37.5 Å². The van der Waals surface area contributed by atoms with Crippen molar-refractivity contribution in [1.29, 1.82) is 0 Å². The van der Waals surface area contributed by atoms with Crippen LogP contribution in [0.5, 0.6) is 0 Å². The number of carbonyl (C=O) groups excluding carboxylic acids is 1. The van der Waals surface area contributed by atoms with Crippen LogP contribution in [0.2, 0.25) is 4.34 Å². The average Bonchev–Trinajstić information content (AvgIpc) is 2.81. The highest BCUT2D eigenvalue weighted by molar-refractivity contribution is 7.16. The number of nitrogens with two attached hydrogens (primary N) is 1. The molecule has 2 atom stereocenters. The minimum absolute atomic E-state index is 0. The molecule has 2 rings (SSSR count). The van der Waals surface area contributed by atoms with Crippen LogP contribution >= 0.6 is 35.3 Å². The van der Waals surface area contributed by atoms with Gasteiger partial charge in [-0.3, -0.25) is 4.79 Å². The molecule has 1 aromatic rings. The molecule has 1 amide bonds. The molecule has 1 fully saturated rings. The topological polar surface area (TPSA) is 46.3 Å². The molecule has 0 radical (unpaired) electrons. The van der Waals surface area contributed by atoms with Crippen molar-refractivity contribution in [2.75, 3.05) is 6.54 Å². The minimum atomic E-state index is 0. The van der Waals surface area contributed by atoms with Gasteiger partial charge in [0.2, 0.25) is 5.91 Å². The first kappa shape index (κ1) is 17.8. The summed E-state index contributed by atoms with van der Waals surface area (Å²) >= 11 is 7.45. The predicted molar refractivity (Wildman–Crippen MR) is 87.9 cm³/mol. The molecule has 2 N–H and O–H groups in total. The van der Waals surface area contributed by atoms with Gasteiger partial charge in [-0.05, 0) is 44.7 Å². The summed E-state index contributed by atoms with van der Waals surface area (Å²) < 4.78 is 0.786. The van der Waals surface area contributed by atoms with Crippen molar-refractivity contribution in [1.82, 2.24) is 4.90 Å². The van der Waals surface area contributed by atoms with Crippen molar-refractivity contribution in [2.24, 2.45) is 5.73 Å². The van der Waals surface area contributed by atoms with Gasteiger partial charge < -0.3 is 10.6 Å². The normalized spacial score (nSPS) is 20.4. The largest absolute Gasteiger partial charge is 0.338 e. The fourth-order valence-corrected chi connectivity index (χ4v) is 3.76. The van der Waals surface area contributed by atoms with Crippen LogP contribution in [0.3, 0.4) is 0 Å². The van der Waals surface area contributed by atoms with Gasteiger partial charge >= 0.3 is 0 Å². The average molecular weight is 337 g/mol. The van der Waals surface area contributed by atoms with E-state index in [0.29, 0.717) is 6.42 Å². The molecule has 0 bridgehead atoms. The number of aryl methyl sites for hydroxylation is 1. The first-order chi connectivity index (χ1) is 9.08. The van der Waals surface area contributed by atoms with Gasteiger partial charge in [0, 0.05) is 29.9 Å². The monoisotopic (exact) mass is 336 g/mol. The fourth-order valence-electron chi connectivity index (χ4n) is 2.67. The van der Waals surface area contributed by atoms with E-state index >= 15 is 0 Å². The number of carbonyl (C=O) groups is 1. The van der Waals surface area contributed by atoms with E-state index in [-0.39, 0.29) is 30.4 Å². The second-order valence-electron chi connectivity index (χ2n) is 5.22. The van der Waals surface area contributed by atoms with Crippen LogP contribution in [0.4, 0.5) is 0 Å². The number of hydrogen-bond donors (Lipinski definition) is 1. The van der Waals surface area contributed by atoms with Crippen LogP contribution in [0.15, 0.2) is 12.1 Å². The van der Waals surface area contributed by atoms with Gasteiger partial charge in [-0.25, -0.2) is 0 Å². The number of amides is 1. The maximum Gasteiger partial charge on any atom is 0.223 e. The molecule has 114 valence electrons. The SMILES string of the molecule is CC(N)C1CCCCN1C(=O)CCc1ccc(Cl)s1.Cl. The second-order valence-corrected chi connectivity index (χ2v) is 7.01. The summed E-state index contributed by atoms with van der Waals surface area (Å²) in [7, 11) is 0. The fraction of sp³-hybridized carbons (Fsp3) is 0.643. The van der Waals surface area contributed by atoms with Crippen LogP contribution in [-0.2, 0) is 11.2 Å². The third-order valence-electron chi connectivity index (χ3n) is 3.69. The number of nitrogens with zero attached hydrogens (tertiary/aromatic N) is 1. The molecule has 20 heavy (non-hydrogen) atoms. The zero-order valence-electron chi connectivity index (χ0n) is 11.7. The van der Waals surface area contributed by atoms with E-state index in [2.05, 4.69) is 0 Å². The summed E-state index contributed by atoms with van der Waals surface area (Å²) in [4.78, 5) is 15.5. The highest BCUT2D eigenvalue weighted by Gasteiger charge is 2.28. The molecule has 0 aliphatic carbocycles. The van der Waals surface area contributed by atoms with Crippen molar-refractivity contribution in [3.05, 3.63) is 21.3 Å². The quantitative estimate of drug-likeness (QED) is 0.914. The maximum absolute atomic E-state index is 12.3. The Hall–Kier alpha value is -0.290. The standard InChI is InChI=1S/C14H21ClN2OS.ClH/c1-10(16)12-4-2-3-9-17(12)14(18)8-6-11-5-7-13(15)19-11;/h5,7,10,12H,2-4,6,8-9,16H2,1H3;1H. The number of rotatable bonds is 4. The Morgan fingerprint density at radius 2 is 2.30 bits per heavy atom. The Morgan fingerprint density at radius 1 is 1.55 bits per heavy atom. The van der Waals surface area contributed by atoms with Crippen molar-refractivity contribution < 1.29 is 4.79 Å². The summed E-state index contributed by atoms with van der Waals surface area (Å²) in [5, 5.41) is 0. The smallest absolute Gasteiger partial charge is 0.223 e. The van der Waals surface area contributed by atoms with E-state index in [9.17, 15) is 4.79 Å².